The van der Waals surface area contributed by atoms with Crippen molar-refractivity contribution in [3.8, 4) is 6.07 Å². The summed E-state index contributed by atoms with van der Waals surface area (Å²) < 4.78 is 0. The molecule has 8 heteroatoms. The normalized spacial score (nSPS) is 9.88. The van der Waals surface area contributed by atoms with Crippen LogP contribution in [-0.4, -0.2) is 33.4 Å². The Morgan fingerprint density at radius 2 is 1.72 bits per heavy atom. The van der Waals surface area contributed by atoms with E-state index in [0.29, 0.717) is 11.1 Å². The van der Waals surface area contributed by atoms with Gasteiger partial charge in [-0.1, -0.05) is 12.1 Å². The Labute approximate surface area is 142 Å². The second kappa shape index (κ2) is 7.70. The van der Waals surface area contributed by atoms with Crippen molar-refractivity contribution in [1.82, 2.24) is 4.90 Å². The fourth-order valence-corrected chi connectivity index (χ4v) is 2.18. The van der Waals surface area contributed by atoms with Crippen molar-refractivity contribution in [2.24, 2.45) is 0 Å². The number of carboxylic acids is 1. The van der Waals surface area contributed by atoms with Crippen LogP contribution < -0.4 is 0 Å². The molecule has 0 aliphatic carbocycles. The molecule has 0 heterocycles. The van der Waals surface area contributed by atoms with Crippen LogP contribution in [0.4, 0.5) is 5.69 Å². The van der Waals surface area contributed by atoms with Gasteiger partial charge in [0, 0.05) is 24.2 Å². The molecule has 25 heavy (non-hydrogen) atoms. The van der Waals surface area contributed by atoms with Crippen LogP contribution >= 0.6 is 0 Å². The van der Waals surface area contributed by atoms with Gasteiger partial charge in [-0.15, -0.1) is 0 Å². The maximum atomic E-state index is 12.5. The summed E-state index contributed by atoms with van der Waals surface area (Å²) >= 11 is 0. The molecule has 1 amide bonds. The van der Waals surface area contributed by atoms with Crippen molar-refractivity contribution < 1.29 is 19.6 Å². The van der Waals surface area contributed by atoms with Crippen molar-refractivity contribution in [2.75, 3.05) is 6.54 Å². The van der Waals surface area contributed by atoms with Gasteiger partial charge < -0.3 is 10.0 Å². The summed E-state index contributed by atoms with van der Waals surface area (Å²) in [5.74, 6) is -1.73. The quantitative estimate of drug-likeness (QED) is 0.635. The average Bonchev–Trinajstić information content (AvgIpc) is 2.61. The lowest BCUT2D eigenvalue weighted by molar-refractivity contribution is -0.384. The highest BCUT2D eigenvalue weighted by molar-refractivity contribution is 5.96. The number of carboxylic acid groups (broad SMARTS) is 1. The molecule has 0 atom stereocenters. The van der Waals surface area contributed by atoms with Crippen LogP contribution in [-0.2, 0) is 11.3 Å². The summed E-state index contributed by atoms with van der Waals surface area (Å²) in [4.78, 5) is 34.8. The number of rotatable bonds is 6. The third-order valence-electron chi connectivity index (χ3n) is 3.39. The minimum atomic E-state index is -1.18. The fraction of sp³-hybridized carbons (Fsp3) is 0.118. The second-order valence-corrected chi connectivity index (χ2v) is 5.17. The molecule has 8 nitrogen and oxygen atoms in total. The van der Waals surface area contributed by atoms with E-state index >= 15 is 0 Å². The monoisotopic (exact) mass is 339 g/mol. The van der Waals surface area contributed by atoms with Crippen LogP contribution in [0.3, 0.4) is 0 Å². The van der Waals surface area contributed by atoms with E-state index < -0.39 is 23.3 Å². The van der Waals surface area contributed by atoms with Gasteiger partial charge in [-0.3, -0.25) is 19.7 Å². The van der Waals surface area contributed by atoms with Gasteiger partial charge in [0.2, 0.25) is 0 Å². The number of amides is 1. The molecule has 0 radical (unpaired) electrons. The first-order valence-corrected chi connectivity index (χ1v) is 7.15. The third kappa shape index (κ3) is 4.62. The number of benzene rings is 2. The summed E-state index contributed by atoms with van der Waals surface area (Å²) in [5.41, 5.74) is 1.11. The van der Waals surface area contributed by atoms with Crippen molar-refractivity contribution in [3.05, 3.63) is 75.3 Å². The summed E-state index contributed by atoms with van der Waals surface area (Å²) in [7, 11) is 0. The van der Waals surface area contributed by atoms with E-state index in [0.717, 1.165) is 4.90 Å². The first-order chi connectivity index (χ1) is 11.9. The molecule has 0 aliphatic rings. The molecule has 0 fully saturated rings. The highest BCUT2D eigenvalue weighted by atomic mass is 16.6. The van der Waals surface area contributed by atoms with E-state index in [9.17, 15) is 19.7 Å². The zero-order valence-electron chi connectivity index (χ0n) is 13.0. The molecular formula is C17H13N3O5. The lowest BCUT2D eigenvalue weighted by Crippen LogP contribution is -2.35. The van der Waals surface area contributed by atoms with Gasteiger partial charge >= 0.3 is 5.97 Å². The van der Waals surface area contributed by atoms with Crippen molar-refractivity contribution in [3.63, 3.8) is 0 Å². The lowest BCUT2D eigenvalue weighted by Gasteiger charge is -2.21. The Morgan fingerprint density at radius 1 is 1.12 bits per heavy atom. The molecule has 0 spiro atoms. The molecule has 0 aromatic heterocycles. The van der Waals surface area contributed by atoms with Gasteiger partial charge in [0.05, 0.1) is 16.6 Å². The van der Waals surface area contributed by atoms with E-state index in [1.807, 2.05) is 6.07 Å². The number of carbonyl (C=O) groups is 2. The van der Waals surface area contributed by atoms with Gasteiger partial charge in [0.15, 0.2) is 0 Å². The van der Waals surface area contributed by atoms with Gasteiger partial charge in [-0.25, -0.2) is 0 Å². The Hall–Kier alpha value is -3.73. The number of hydrogen-bond donors (Lipinski definition) is 1. The number of nitrogens with zero attached hydrogens (tertiary/aromatic N) is 3. The Morgan fingerprint density at radius 3 is 2.20 bits per heavy atom. The van der Waals surface area contributed by atoms with Gasteiger partial charge in [-0.05, 0) is 29.8 Å². The topological polar surface area (TPSA) is 125 Å². The summed E-state index contributed by atoms with van der Waals surface area (Å²) in [6.45, 7) is -0.482. The molecule has 0 bridgehead atoms. The van der Waals surface area contributed by atoms with Crippen molar-refractivity contribution >= 4 is 17.6 Å². The molecule has 2 rings (SSSR count). The number of carbonyl (C=O) groups excluding carboxylic acids is 1. The summed E-state index contributed by atoms with van der Waals surface area (Å²) in [6, 6.07) is 13.3. The maximum absolute atomic E-state index is 12.5. The van der Waals surface area contributed by atoms with Crippen LogP contribution in [0.5, 0.6) is 0 Å². The van der Waals surface area contributed by atoms with Gasteiger partial charge in [0.1, 0.15) is 6.54 Å². The highest BCUT2D eigenvalue weighted by Crippen LogP contribution is 2.15. The smallest absolute Gasteiger partial charge is 0.323 e. The predicted octanol–water partition coefficient (Wildman–Crippen LogP) is 2.19. The van der Waals surface area contributed by atoms with Gasteiger partial charge in [-0.2, -0.15) is 5.26 Å². The van der Waals surface area contributed by atoms with Crippen LogP contribution in [0.2, 0.25) is 0 Å². The first-order valence-electron chi connectivity index (χ1n) is 7.15. The number of nitro benzene ring substituents is 1. The summed E-state index contributed by atoms with van der Waals surface area (Å²) in [5, 5.41) is 28.5. The SMILES string of the molecule is N#Cc1ccc(CN(CC(=O)O)C(=O)c2ccc([N+](=O)[O-])cc2)cc1. The minimum Gasteiger partial charge on any atom is -0.480 e. The second-order valence-electron chi connectivity index (χ2n) is 5.17. The first kappa shape index (κ1) is 17.6. The molecule has 0 unspecified atom stereocenters. The van der Waals surface area contributed by atoms with E-state index in [-0.39, 0.29) is 17.8 Å². The number of nitro groups is 1. The molecule has 0 saturated carbocycles. The van der Waals surface area contributed by atoms with Crippen molar-refractivity contribution in [2.45, 2.75) is 6.54 Å². The molecular weight excluding hydrogens is 326 g/mol. The zero-order valence-corrected chi connectivity index (χ0v) is 13.0. The standard InChI is InChI=1S/C17H13N3O5/c18-9-12-1-3-13(4-2-12)10-19(11-16(21)22)17(23)14-5-7-15(8-6-14)20(24)25/h1-8H,10-11H2,(H,21,22). The number of aliphatic carboxylic acids is 1. The lowest BCUT2D eigenvalue weighted by atomic mass is 10.1. The molecule has 0 saturated heterocycles. The minimum absolute atomic E-state index is 0.0355. The molecule has 2 aromatic carbocycles. The van der Waals surface area contributed by atoms with Crippen LogP contribution in [0.25, 0.3) is 0 Å². The van der Waals surface area contributed by atoms with E-state index in [4.69, 9.17) is 10.4 Å². The summed E-state index contributed by atoms with van der Waals surface area (Å²) in [6.07, 6.45) is 0. The number of hydrogen-bond acceptors (Lipinski definition) is 5. The average molecular weight is 339 g/mol. The van der Waals surface area contributed by atoms with Crippen LogP contribution in [0.1, 0.15) is 21.5 Å². The number of non-ortho nitro benzene ring substituents is 1. The molecule has 2 aromatic rings. The zero-order chi connectivity index (χ0) is 18.4. The molecule has 0 aliphatic heterocycles. The van der Waals surface area contributed by atoms with Crippen LogP contribution in [0, 0.1) is 21.4 Å². The predicted molar refractivity (Wildman–Crippen MR) is 86.6 cm³/mol. The van der Waals surface area contributed by atoms with E-state index in [1.54, 1.807) is 24.3 Å². The van der Waals surface area contributed by atoms with E-state index in [1.165, 1.54) is 24.3 Å². The third-order valence-corrected chi connectivity index (χ3v) is 3.39. The van der Waals surface area contributed by atoms with Gasteiger partial charge in [0.25, 0.3) is 11.6 Å². The van der Waals surface area contributed by atoms with Crippen molar-refractivity contribution in [1.29, 1.82) is 5.26 Å². The van der Waals surface area contributed by atoms with E-state index in [2.05, 4.69) is 0 Å². The molecule has 1 N–H and O–H groups in total. The maximum Gasteiger partial charge on any atom is 0.323 e. The fourth-order valence-electron chi connectivity index (χ4n) is 2.18. The Kier molecular flexibility index (Phi) is 5.43. The Balaban J connectivity index is 2.22. The number of nitriles is 1. The largest absolute Gasteiger partial charge is 0.480 e. The van der Waals surface area contributed by atoms with Crippen LogP contribution in [0.15, 0.2) is 48.5 Å². The Bertz CT molecular complexity index is 838. The molecule has 126 valence electrons. The highest BCUT2D eigenvalue weighted by Gasteiger charge is 2.20.